The molecule has 0 radical (unpaired) electrons. The minimum absolute atomic E-state index is 0.137. The molecule has 0 aliphatic carbocycles. The standard InChI is InChI=1S/C16H24N2O4/c1-18(15(20)17-11-7-2-3-8-12-19)16(21)22-13-14-9-5-4-6-10-14/h4-6,9-10,19H,2-3,7-8,11-13H2,1H3,(H,17,20). The molecule has 0 unspecified atom stereocenters. The SMILES string of the molecule is CN(C(=O)NCCCCCCO)C(=O)OCc1ccccc1. The normalized spacial score (nSPS) is 10.1. The number of unbranched alkanes of at least 4 members (excludes halogenated alkanes) is 3. The second-order valence-corrected chi connectivity index (χ2v) is 4.97. The molecule has 1 aromatic carbocycles. The first-order valence-electron chi connectivity index (χ1n) is 7.48. The Kier molecular flexibility index (Phi) is 8.67. The summed E-state index contributed by atoms with van der Waals surface area (Å²) in [5, 5.41) is 11.3. The average Bonchev–Trinajstić information content (AvgIpc) is 2.55. The quantitative estimate of drug-likeness (QED) is 0.723. The number of aliphatic hydroxyl groups is 1. The fourth-order valence-corrected chi connectivity index (χ4v) is 1.80. The van der Waals surface area contributed by atoms with Gasteiger partial charge in [-0.25, -0.2) is 14.5 Å². The van der Waals surface area contributed by atoms with E-state index in [0.29, 0.717) is 6.54 Å². The van der Waals surface area contributed by atoms with Crippen LogP contribution in [0.15, 0.2) is 30.3 Å². The van der Waals surface area contributed by atoms with Crippen LogP contribution >= 0.6 is 0 Å². The molecule has 1 rings (SSSR count). The van der Waals surface area contributed by atoms with Gasteiger partial charge in [-0.05, 0) is 18.4 Å². The molecule has 2 N–H and O–H groups in total. The number of nitrogens with one attached hydrogen (secondary N) is 1. The van der Waals surface area contributed by atoms with Gasteiger partial charge in [-0.2, -0.15) is 0 Å². The van der Waals surface area contributed by atoms with Gasteiger partial charge in [0.15, 0.2) is 0 Å². The molecule has 0 saturated heterocycles. The summed E-state index contributed by atoms with van der Waals surface area (Å²) >= 11 is 0. The monoisotopic (exact) mass is 308 g/mol. The van der Waals surface area contributed by atoms with Crippen molar-refractivity contribution in [1.29, 1.82) is 0 Å². The Morgan fingerprint density at radius 2 is 1.82 bits per heavy atom. The van der Waals surface area contributed by atoms with Gasteiger partial charge in [0.2, 0.25) is 0 Å². The molecule has 0 bridgehead atoms. The first-order chi connectivity index (χ1) is 10.6. The summed E-state index contributed by atoms with van der Waals surface area (Å²) in [6, 6.07) is 8.82. The summed E-state index contributed by atoms with van der Waals surface area (Å²) in [6.07, 6.45) is 2.78. The number of carbonyl (C=O) groups is 2. The van der Waals surface area contributed by atoms with Crippen LogP contribution in [-0.4, -0.2) is 42.3 Å². The van der Waals surface area contributed by atoms with Crippen LogP contribution in [0.5, 0.6) is 0 Å². The van der Waals surface area contributed by atoms with E-state index in [2.05, 4.69) is 5.32 Å². The van der Waals surface area contributed by atoms with E-state index in [1.54, 1.807) is 0 Å². The third kappa shape index (κ3) is 7.08. The Balaban J connectivity index is 2.20. The number of carbonyl (C=O) groups excluding carboxylic acids is 2. The molecule has 0 aliphatic heterocycles. The van der Waals surface area contributed by atoms with Gasteiger partial charge in [0.1, 0.15) is 6.61 Å². The second kappa shape index (κ2) is 10.6. The molecular formula is C16H24N2O4. The number of urea groups is 1. The van der Waals surface area contributed by atoms with Crippen LogP contribution in [0.25, 0.3) is 0 Å². The number of rotatable bonds is 8. The van der Waals surface area contributed by atoms with E-state index >= 15 is 0 Å². The van der Waals surface area contributed by atoms with Crippen molar-refractivity contribution in [2.75, 3.05) is 20.2 Å². The van der Waals surface area contributed by atoms with Crippen molar-refractivity contribution in [3.63, 3.8) is 0 Å². The molecule has 0 atom stereocenters. The Morgan fingerprint density at radius 3 is 2.50 bits per heavy atom. The maximum absolute atomic E-state index is 11.8. The van der Waals surface area contributed by atoms with E-state index in [-0.39, 0.29) is 13.2 Å². The van der Waals surface area contributed by atoms with Gasteiger partial charge in [-0.1, -0.05) is 43.2 Å². The van der Waals surface area contributed by atoms with Gasteiger partial charge >= 0.3 is 12.1 Å². The molecule has 3 amide bonds. The van der Waals surface area contributed by atoms with Crippen molar-refractivity contribution in [2.24, 2.45) is 0 Å². The first kappa shape index (κ1) is 18.0. The summed E-state index contributed by atoms with van der Waals surface area (Å²) in [5.74, 6) is 0. The van der Waals surface area contributed by atoms with Gasteiger partial charge in [-0.15, -0.1) is 0 Å². The Labute approximate surface area is 131 Å². The summed E-state index contributed by atoms with van der Waals surface area (Å²) in [7, 11) is 1.38. The molecule has 0 aromatic heterocycles. The molecule has 6 nitrogen and oxygen atoms in total. The third-order valence-electron chi connectivity index (χ3n) is 3.14. The summed E-state index contributed by atoms with van der Waals surface area (Å²) < 4.78 is 5.07. The van der Waals surface area contributed by atoms with Gasteiger partial charge in [0, 0.05) is 20.2 Å². The average molecular weight is 308 g/mol. The van der Waals surface area contributed by atoms with Gasteiger partial charge < -0.3 is 15.2 Å². The number of aliphatic hydroxyl groups excluding tert-OH is 1. The van der Waals surface area contributed by atoms with Gasteiger partial charge in [-0.3, -0.25) is 0 Å². The van der Waals surface area contributed by atoms with Crippen molar-refractivity contribution in [3.8, 4) is 0 Å². The number of imide groups is 1. The van der Waals surface area contributed by atoms with E-state index in [9.17, 15) is 9.59 Å². The van der Waals surface area contributed by atoms with Crippen molar-refractivity contribution >= 4 is 12.1 Å². The zero-order valence-electron chi connectivity index (χ0n) is 13.0. The first-order valence-corrected chi connectivity index (χ1v) is 7.48. The molecule has 0 aliphatic rings. The van der Waals surface area contributed by atoms with Crippen molar-refractivity contribution in [1.82, 2.24) is 10.2 Å². The van der Waals surface area contributed by atoms with Gasteiger partial charge in [0.05, 0.1) is 0 Å². The van der Waals surface area contributed by atoms with E-state index in [1.165, 1.54) is 7.05 Å². The fraction of sp³-hybridized carbons (Fsp3) is 0.500. The molecule has 0 saturated carbocycles. The molecule has 0 fully saturated rings. The minimum atomic E-state index is -0.679. The van der Waals surface area contributed by atoms with Crippen LogP contribution < -0.4 is 5.32 Å². The number of benzene rings is 1. The largest absolute Gasteiger partial charge is 0.444 e. The molecular weight excluding hydrogens is 284 g/mol. The van der Waals surface area contributed by atoms with E-state index < -0.39 is 12.1 Å². The lowest BCUT2D eigenvalue weighted by Crippen LogP contribution is -2.41. The molecule has 22 heavy (non-hydrogen) atoms. The zero-order chi connectivity index (χ0) is 16.2. The predicted molar refractivity (Wildman–Crippen MR) is 83.3 cm³/mol. The fourth-order valence-electron chi connectivity index (χ4n) is 1.80. The van der Waals surface area contributed by atoms with Crippen LogP contribution in [0, 0.1) is 0 Å². The van der Waals surface area contributed by atoms with Crippen molar-refractivity contribution < 1.29 is 19.4 Å². The topological polar surface area (TPSA) is 78.9 Å². The summed E-state index contributed by atoms with van der Waals surface area (Å²) in [6.45, 7) is 0.835. The maximum atomic E-state index is 11.8. The van der Waals surface area contributed by atoms with E-state index in [4.69, 9.17) is 9.84 Å². The number of hydrogen-bond donors (Lipinski definition) is 2. The zero-order valence-corrected chi connectivity index (χ0v) is 13.0. The van der Waals surface area contributed by atoms with Crippen molar-refractivity contribution in [3.05, 3.63) is 35.9 Å². The lowest BCUT2D eigenvalue weighted by molar-refractivity contribution is 0.110. The van der Waals surface area contributed by atoms with E-state index in [1.807, 2.05) is 30.3 Å². The minimum Gasteiger partial charge on any atom is -0.444 e. The number of hydrogen-bond acceptors (Lipinski definition) is 4. The Morgan fingerprint density at radius 1 is 1.14 bits per heavy atom. The number of nitrogens with zero attached hydrogens (tertiary/aromatic N) is 1. The molecule has 1 aromatic rings. The van der Waals surface area contributed by atoms with E-state index in [0.717, 1.165) is 36.1 Å². The lowest BCUT2D eigenvalue weighted by Gasteiger charge is -2.16. The van der Waals surface area contributed by atoms with Gasteiger partial charge in [0.25, 0.3) is 0 Å². The summed E-state index contributed by atoms with van der Waals surface area (Å²) in [4.78, 5) is 24.4. The summed E-state index contributed by atoms with van der Waals surface area (Å²) in [5.41, 5.74) is 0.869. The number of amides is 3. The Hall–Kier alpha value is -2.08. The molecule has 122 valence electrons. The predicted octanol–water partition coefficient (Wildman–Crippen LogP) is 2.52. The highest BCUT2D eigenvalue weighted by Gasteiger charge is 2.17. The highest BCUT2D eigenvalue weighted by Crippen LogP contribution is 2.03. The van der Waals surface area contributed by atoms with Crippen LogP contribution in [0.2, 0.25) is 0 Å². The van der Waals surface area contributed by atoms with Crippen LogP contribution in [0.3, 0.4) is 0 Å². The maximum Gasteiger partial charge on any atom is 0.418 e. The van der Waals surface area contributed by atoms with Crippen LogP contribution in [0.4, 0.5) is 9.59 Å². The number of ether oxygens (including phenoxy) is 1. The highest BCUT2D eigenvalue weighted by atomic mass is 16.6. The third-order valence-corrected chi connectivity index (χ3v) is 3.14. The van der Waals surface area contributed by atoms with Crippen molar-refractivity contribution in [2.45, 2.75) is 32.3 Å². The van der Waals surface area contributed by atoms with Crippen LogP contribution in [0.1, 0.15) is 31.2 Å². The lowest BCUT2D eigenvalue weighted by atomic mass is 10.2. The van der Waals surface area contributed by atoms with Crippen LogP contribution in [-0.2, 0) is 11.3 Å². The highest BCUT2D eigenvalue weighted by molar-refractivity contribution is 5.90. The molecule has 6 heteroatoms. The molecule has 0 heterocycles. The smallest absolute Gasteiger partial charge is 0.418 e. The second-order valence-electron chi connectivity index (χ2n) is 4.97. The Bertz CT molecular complexity index is 451. The molecule has 0 spiro atoms.